The molecule has 2 nitrogen and oxygen atoms in total. The van der Waals surface area contributed by atoms with Gasteiger partial charge in [-0.1, -0.05) is 37.3 Å². The summed E-state index contributed by atoms with van der Waals surface area (Å²) in [6.45, 7) is 2.12. The molecule has 1 aliphatic rings. The first kappa shape index (κ1) is 13.3. The molecular weight excluding hydrogens is 244 g/mol. The molecule has 2 atom stereocenters. The molecule has 2 N–H and O–H groups in total. The minimum atomic E-state index is 0.154. The summed E-state index contributed by atoms with van der Waals surface area (Å²) in [4.78, 5) is 4.63. The second-order valence-corrected chi connectivity index (χ2v) is 5.67. The summed E-state index contributed by atoms with van der Waals surface area (Å²) in [5.74, 6) is 0.451. The van der Waals surface area contributed by atoms with Crippen molar-refractivity contribution in [3.8, 4) is 0 Å². The predicted molar refractivity (Wildman–Crippen MR) is 82.7 cm³/mol. The number of aryl methyl sites for hydroxylation is 1. The van der Waals surface area contributed by atoms with E-state index in [1.165, 1.54) is 41.6 Å². The van der Waals surface area contributed by atoms with Gasteiger partial charge in [-0.15, -0.1) is 0 Å². The van der Waals surface area contributed by atoms with Crippen LogP contribution >= 0.6 is 0 Å². The zero-order chi connectivity index (χ0) is 13.9. The van der Waals surface area contributed by atoms with E-state index < -0.39 is 0 Å². The average molecular weight is 266 g/mol. The van der Waals surface area contributed by atoms with E-state index in [1.807, 2.05) is 12.3 Å². The molecule has 0 fully saturated rings. The van der Waals surface area contributed by atoms with E-state index >= 15 is 0 Å². The van der Waals surface area contributed by atoms with Crippen LogP contribution in [0.15, 0.2) is 42.6 Å². The summed E-state index contributed by atoms with van der Waals surface area (Å²) in [5.41, 5.74) is 11.4. The van der Waals surface area contributed by atoms with Gasteiger partial charge < -0.3 is 5.73 Å². The van der Waals surface area contributed by atoms with Crippen LogP contribution in [0.4, 0.5) is 0 Å². The molecule has 2 unspecified atom stereocenters. The Morgan fingerprint density at radius 1 is 1.25 bits per heavy atom. The lowest BCUT2D eigenvalue weighted by atomic mass is 9.82. The number of benzene rings is 1. The van der Waals surface area contributed by atoms with E-state index in [1.54, 1.807) is 0 Å². The van der Waals surface area contributed by atoms with Gasteiger partial charge in [0.25, 0.3) is 0 Å². The molecule has 1 heterocycles. The van der Waals surface area contributed by atoms with Gasteiger partial charge in [0.05, 0.1) is 5.69 Å². The highest BCUT2D eigenvalue weighted by Gasteiger charge is 2.22. The van der Waals surface area contributed by atoms with Gasteiger partial charge in [-0.05, 0) is 48.4 Å². The Kier molecular flexibility index (Phi) is 3.83. The van der Waals surface area contributed by atoms with Crippen molar-refractivity contribution in [2.24, 2.45) is 5.73 Å². The first-order valence-electron chi connectivity index (χ1n) is 7.59. The van der Waals surface area contributed by atoms with E-state index in [0.29, 0.717) is 5.92 Å². The second kappa shape index (κ2) is 5.76. The van der Waals surface area contributed by atoms with E-state index in [0.717, 1.165) is 6.42 Å². The molecular formula is C18H22N2. The summed E-state index contributed by atoms with van der Waals surface area (Å²) in [6, 6.07) is 13.3. The fourth-order valence-electron chi connectivity index (χ4n) is 3.15. The molecule has 0 bridgehead atoms. The van der Waals surface area contributed by atoms with Crippen LogP contribution in [-0.2, 0) is 6.42 Å². The minimum absolute atomic E-state index is 0.154. The number of rotatable bonds is 3. The molecule has 1 aliphatic carbocycles. The zero-order valence-corrected chi connectivity index (χ0v) is 12.0. The summed E-state index contributed by atoms with van der Waals surface area (Å²) in [7, 11) is 0. The van der Waals surface area contributed by atoms with Crippen LogP contribution in [0.2, 0.25) is 0 Å². The highest BCUT2D eigenvalue weighted by molar-refractivity contribution is 5.37. The lowest BCUT2D eigenvalue weighted by molar-refractivity contribution is 0.598. The lowest BCUT2D eigenvalue weighted by Gasteiger charge is -2.25. The van der Waals surface area contributed by atoms with Crippen molar-refractivity contribution in [3.63, 3.8) is 0 Å². The molecule has 2 aromatic rings. The Morgan fingerprint density at radius 2 is 2.05 bits per heavy atom. The van der Waals surface area contributed by atoms with Crippen LogP contribution in [-0.4, -0.2) is 4.98 Å². The van der Waals surface area contributed by atoms with E-state index in [9.17, 15) is 0 Å². The number of nitrogens with two attached hydrogens (primary N) is 1. The molecule has 2 heteroatoms. The van der Waals surface area contributed by atoms with Crippen molar-refractivity contribution in [1.29, 1.82) is 0 Å². The molecule has 104 valence electrons. The molecule has 0 spiro atoms. The zero-order valence-electron chi connectivity index (χ0n) is 12.0. The van der Waals surface area contributed by atoms with Crippen molar-refractivity contribution < 1.29 is 0 Å². The van der Waals surface area contributed by atoms with Gasteiger partial charge >= 0.3 is 0 Å². The third-order valence-corrected chi connectivity index (χ3v) is 4.40. The van der Waals surface area contributed by atoms with Crippen LogP contribution < -0.4 is 5.73 Å². The number of hydrogen-bond acceptors (Lipinski definition) is 2. The Hall–Kier alpha value is -1.67. The van der Waals surface area contributed by atoms with Gasteiger partial charge in [0, 0.05) is 18.2 Å². The largest absolute Gasteiger partial charge is 0.324 e. The second-order valence-electron chi connectivity index (χ2n) is 5.67. The summed E-state index contributed by atoms with van der Waals surface area (Å²) < 4.78 is 0. The molecule has 0 amide bonds. The van der Waals surface area contributed by atoms with Crippen LogP contribution in [0, 0.1) is 0 Å². The smallest absolute Gasteiger partial charge is 0.0510 e. The van der Waals surface area contributed by atoms with Gasteiger partial charge in [0.15, 0.2) is 0 Å². The number of pyridine rings is 1. The van der Waals surface area contributed by atoms with E-state index in [4.69, 9.17) is 5.73 Å². The fraction of sp³-hybridized carbons (Fsp3) is 0.389. The van der Waals surface area contributed by atoms with E-state index in [-0.39, 0.29) is 6.04 Å². The van der Waals surface area contributed by atoms with Gasteiger partial charge in [-0.3, -0.25) is 4.98 Å². The Labute approximate surface area is 121 Å². The van der Waals surface area contributed by atoms with Crippen molar-refractivity contribution in [1.82, 2.24) is 4.98 Å². The molecule has 20 heavy (non-hydrogen) atoms. The van der Waals surface area contributed by atoms with Crippen molar-refractivity contribution in [2.45, 2.75) is 44.6 Å². The van der Waals surface area contributed by atoms with Crippen molar-refractivity contribution in [2.75, 3.05) is 0 Å². The third kappa shape index (κ3) is 2.48. The van der Waals surface area contributed by atoms with Gasteiger partial charge in [0.1, 0.15) is 0 Å². The van der Waals surface area contributed by atoms with Crippen LogP contribution in [0.3, 0.4) is 0 Å². The quantitative estimate of drug-likeness (QED) is 0.913. The van der Waals surface area contributed by atoms with Crippen LogP contribution in [0.1, 0.15) is 60.5 Å². The molecule has 0 saturated carbocycles. The normalized spacial score (nSPS) is 19.4. The number of nitrogens with zero attached hydrogens (tertiary/aromatic N) is 1. The fourth-order valence-corrected chi connectivity index (χ4v) is 3.15. The van der Waals surface area contributed by atoms with E-state index in [2.05, 4.69) is 42.2 Å². The molecule has 0 aliphatic heterocycles. The Bertz CT molecular complexity index is 574. The highest BCUT2D eigenvalue weighted by atomic mass is 14.7. The maximum absolute atomic E-state index is 6.09. The number of hydrogen-bond donors (Lipinski definition) is 1. The van der Waals surface area contributed by atoms with Crippen LogP contribution in [0.25, 0.3) is 0 Å². The molecule has 3 rings (SSSR count). The number of fused-ring (bicyclic) bond motifs is 1. The minimum Gasteiger partial charge on any atom is -0.324 e. The maximum atomic E-state index is 6.09. The third-order valence-electron chi connectivity index (χ3n) is 4.40. The van der Waals surface area contributed by atoms with Crippen molar-refractivity contribution >= 4 is 0 Å². The standard InChI is InChI=1S/C18H22N2/c1-2-17(19)14-10-8-13(9-11-14)16-7-3-5-15-6-4-12-20-18(15)16/h4,6,8-12,16-17H,2-3,5,7,19H2,1H3. The molecule has 0 saturated heterocycles. The highest BCUT2D eigenvalue weighted by Crippen LogP contribution is 2.35. The molecule has 1 aromatic heterocycles. The number of aromatic nitrogens is 1. The summed E-state index contributed by atoms with van der Waals surface area (Å²) >= 11 is 0. The molecule has 0 radical (unpaired) electrons. The Balaban J connectivity index is 1.91. The summed E-state index contributed by atoms with van der Waals surface area (Å²) in [5, 5.41) is 0. The lowest BCUT2D eigenvalue weighted by Crippen LogP contribution is -2.13. The topological polar surface area (TPSA) is 38.9 Å². The van der Waals surface area contributed by atoms with Gasteiger partial charge in [-0.2, -0.15) is 0 Å². The van der Waals surface area contributed by atoms with Crippen molar-refractivity contribution in [3.05, 3.63) is 65.0 Å². The summed E-state index contributed by atoms with van der Waals surface area (Å²) in [6.07, 6.45) is 6.51. The molecule has 1 aromatic carbocycles. The van der Waals surface area contributed by atoms with Gasteiger partial charge in [-0.25, -0.2) is 0 Å². The monoisotopic (exact) mass is 266 g/mol. The van der Waals surface area contributed by atoms with Crippen LogP contribution in [0.5, 0.6) is 0 Å². The SMILES string of the molecule is CCC(N)c1ccc(C2CCCc3cccnc32)cc1. The first-order valence-corrected chi connectivity index (χ1v) is 7.59. The first-order chi connectivity index (χ1) is 9.79. The average Bonchev–Trinajstić information content (AvgIpc) is 2.54. The predicted octanol–water partition coefficient (Wildman–Crippen LogP) is 3.96. The maximum Gasteiger partial charge on any atom is 0.0510 e. The Morgan fingerprint density at radius 3 is 2.80 bits per heavy atom. The van der Waals surface area contributed by atoms with Gasteiger partial charge in [0.2, 0.25) is 0 Å².